The van der Waals surface area contributed by atoms with E-state index < -0.39 is 0 Å². The lowest BCUT2D eigenvalue weighted by Gasteiger charge is -2.11. The Morgan fingerprint density at radius 3 is 2.54 bits per heavy atom. The molecule has 1 aromatic carbocycles. The van der Waals surface area contributed by atoms with Crippen molar-refractivity contribution in [2.24, 2.45) is 0 Å². The highest BCUT2D eigenvalue weighted by Gasteiger charge is 2.11. The SMILES string of the molecule is Cc1cc(NC(=O)c2ccc(NC(=O)NC(C)C)cc2)n(CCC#N)n1. The third-order valence-electron chi connectivity index (χ3n) is 3.40. The Morgan fingerprint density at radius 2 is 1.92 bits per heavy atom. The minimum absolute atomic E-state index is 0.0365. The van der Waals surface area contributed by atoms with Crippen LogP contribution in [0.4, 0.5) is 16.3 Å². The summed E-state index contributed by atoms with van der Waals surface area (Å²) in [7, 11) is 0. The number of amides is 3. The highest BCUT2D eigenvalue weighted by Crippen LogP contribution is 2.14. The molecule has 0 aliphatic heterocycles. The topological polar surface area (TPSA) is 112 Å². The number of hydrogen-bond acceptors (Lipinski definition) is 4. The molecule has 3 amide bonds. The maximum absolute atomic E-state index is 12.4. The van der Waals surface area contributed by atoms with Crippen molar-refractivity contribution in [3.05, 3.63) is 41.6 Å². The molecule has 0 bridgehead atoms. The molecule has 3 N–H and O–H groups in total. The summed E-state index contributed by atoms with van der Waals surface area (Å²) in [6, 6.07) is 10.1. The van der Waals surface area contributed by atoms with Gasteiger partial charge in [-0.2, -0.15) is 10.4 Å². The van der Waals surface area contributed by atoms with Crippen molar-refractivity contribution in [3.63, 3.8) is 0 Å². The lowest BCUT2D eigenvalue weighted by Crippen LogP contribution is -2.34. The monoisotopic (exact) mass is 354 g/mol. The summed E-state index contributed by atoms with van der Waals surface area (Å²) in [5.74, 6) is 0.252. The van der Waals surface area contributed by atoms with Crippen molar-refractivity contribution in [1.29, 1.82) is 5.26 Å². The highest BCUT2D eigenvalue weighted by atomic mass is 16.2. The number of anilines is 2. The number of carbonyl (C=O) groups excluding carboxylic acids is 2. The molecule has 26 heavy (non-hydrogen) atoms. The second kappa shape index (κ2) is 8.67. The first kappa shape index (κ1) is 19.0. The van der Waals surface area contributed by atoms with Gasteiger partial charge in [-0.05, 0) is 45.0 Å². The molecule has 8 heteroatoms. The fourth-order valence-electron chi connectivity index (χ4n) is 2.30. The molecule has 2 rings (SSSR count). The summed E-state index contributed by atoms with van der Waals surface area (Å²) >= 11 is 0. The van der Waals surface area contributed by atoms with Gasteiger partial charge in [0.05, 0.1) is 24.7 Å². The molecule has 8 nitrogen and oxygen atoms in total. The van der Waals surface area contributed by atoms with Crippen LogP contribution in [0.3, 0.4) is 0 Å². The third-order valence-corrected chi connectivity index (χ3v) is 3.40. The fraction of sp³-hybridized carbons (Fsp3) is 0.333. The van der Waals surface area contributed by atoms with Crippen molar-refractivity contribution in [3.8, 4) is 6.07 Å². The summed E-state index contributed by atoms with van der Waals surface area (Å²) in [4.78, 5) is 24.1. The molecular weight excluding hydrogens is 332 g/mol. The van der Waals surface area contributed by atoms with Gasteiger partial charge in [0.25, 0.3) is 5.91 Å². The number of nitrogens with zero attached hydrogens (tertiary/aromatic N) is 3. The predicted molar refractivity (Wildman–Crippen MR) is 98.9 cm³/mol. The Hall–Kier alpha value is -3.34. The molecular formula is C18H22N6O2. The number of urea groups is 1. The number of aryl methyl sites for hydroxylation is 2. The van der Waals surface area contributed by atoms with Crippen molar-refractivity contribution < 1.29 is 9.59 Å². The van der Waals surface area contributed by atoms with Crippen LogP contribution in [0.15, 0.2) is 30.3 Å². The van der Waals surface area contributed by atoms with Crippen molar-refractivity contribution in [2.45, 2.75) is 39.8 Å². The van der Waals surface area contributed by atoms with E-state index in [-0.39, 0.29) is 18.0 Å². The molecule has 136 valence electrons. The Kier molecular flexibility index (Phi) is 6.33. The summed E-state index contributed by atoms with van der Waals surface area (Å²) in [5.41, 5.74) is 1.80. The molecule has 0 radical (unpaired) electrons. The van der Waals surface area contributed by atoms with Crippen LogP contribution in [0.5, 0.6) is 0 Å². The lowest BCUT2D eigenvalue weighted by atomic mass is 10.2. The lowest BCUT2D eigenvalue weighted by molar-refractivity contribution is 0.102. The zero-order chi connectivity index (χ0) is 19.1. The first-order valence-corrected chi connectivity index (χ1v) is 8.29. The summed E-state index contributed by atoms with van der Waals surface area (Å²) < 4.78 is 1.60. The number of hydrogen-bond donors (Lipinski definition) is 3. The standard InChI is InChI=1S/C18H22N6O2/c1-12(2)20-18(26)21-15-7-5-14(6-8-15)17(25)22-16-11-13(3)23-24(16)10-4-9-19/h5-8,11-12H,4,10H2,1-3H3,(H,22,25)(H2,20,21,26). The molecule has 2 aromatic rings. The number of carbonyl (C=O) groups is 2. The van der Waals surface area contributed by atoms with Crippen LogP contribution >= 0.6 is 0 Å². The van der Waals surface area contributed by atoms with E-state index >= 15 is 0 Å². The van der Waals surface area contributed by atoms with Crippen LogP contribution in [-0.4, -0.2) is 27.8 Å². The molecule has 1 heterocycles. The van der Waals surface area contributed by atoms with Crippen molar-refractivity contribution in [1.82, 2.24) is 15.1 Å². The molecule has 0 fully saturated rings. The van der Waals surface area contributed by atoms with E-state index in [0.717, 1.165) is 5.69 Å². The van der Waals surface area contributed by atoms with E-state index in [1.165, 1.54) is 0 Å². The molecule has 1 aromatic heterocycles. The first-order chi connectivity index (χ1) is 12.4. The summed E-state index contributed by atoms with van der Waals surface area (Å²) in [5, 5.41) is 21.2. The van der Waals surface area contributed by atoms with Gasteiger partial charge < -0.3 is 16.0 Å². The van der Waals surface area contributed by atoms with Gasteiger partial charge in [0.2, 0.25) is 0 Å². The first-order valence-electron chi connectivity index (χ1n) is 8.29. The maximum atomic E-state index is 12.4. The minimum atomic E-state index is -0.297. The van der Waals surface area contributed by atoms with Gasteiger partial charge in [0.15, 0.2) is 0 Å². The minimum Gasteiger partial charge on any atom is -0.336 e. The Bertz CT molecular complexity index is 817. The number of nitrogens with one attached hydrogen (secondary N) is 3. The van der Waals surface area contributed by atoms with Crippen molar-refractivity contribution >= 4 is 23.4 Å². The zero-order valence-corrected chi connectivity index (χ0v) is 15.0. The van der Waals surface area contributed by atoms with E-state index in [9.17, 15) is 9.59 Å². The Balaban J connectivity index is 2.02. The second-order valence-electron chi connectivity index (χ2n) is 6.09. The molecule has 0 saturated carbocycles. The number of benzene rings is 1. The normalized spacial score (nSPS) is 10.3. The highest BCUT2D eigenvalue weighted by molar-refractivity contribution is 6.04. The fourth-order valence-corrected chi connectivity index (χ4v) is 2.30. The molecule has 0 spiro atoms. The number of aromatic nitrogens is 2. The zero-order valence-electron chi connectivity index (χ0n) is 15.0. The third kappa shape index (κ3) is 5.34. The molecule has 0 unspecified atom stereocenters. The van der Waals surface area contributed by atoms with Crippen LogP contribution in [0.2, 0.25) is 0 Å². The maximum Gasteiger partial charge on any atom is 0.319 e. The van der Waals surface area contributed by atoms with Gasteiger partial charge in [-0.3, -0.25) is 4.79 Å². The van der Waals surface area contributed by atoms with Crippen LogP contribution in [0, 0.1) is 18.3 Å². The van der Waals surface area contributed by atoms with E-state index in [4.69, 9.17) is 5.26 Å². The Labute approximate surface area is 152 Å². The van der Waals surface area contributed by atoms with Crippen LogP contribution in [-0.2, 0) is 6.54 Å². The van der Waals surface area contributed by atoms with Gasteiger partial charge >= 0.3 is 6.03 Å². The number of rotatable bonds is 6. The molecule has 0 saturated heterocycles. The van der Waals surface area contributed by atoms with Gasteiger partial charge in [0, 0.05) is 23.4 Å². The van der Waals surface area contributed by atoms with Crippen molar-refractivity contribution in [2.75, 3.05) is 10.6 Å². The van der Waals surface area contributed by atoms with Gasteiger partial charge in [0.1, 0.15) is 5.82 Å². The van der Waals surface area contributed by atoms with Crippen LogP contribution in [0.25, 0.3) is 0 Å². The molecule has 0 aliphatic carbocycles. The predicted octanol–water partition coefficient (Wildman–Crippen LogP) is 2.89. The number of nitriles is 1. The van der Waals surface area contributed by atoms with Gasteiger partial charge in [-0.15, -0.1) is 0 Å². The summed E-state index contributed by atoms with van der Waals surface area (Å²) in [6.07, 6.45) is 0.308. The largest absolute Gasteiger partial charge is 0.336 e. The summed E-state index contributed by atoms with van der Waals surface area (Å²) in [6.45, 7) is 5.97. The smallest absolute Gasteiger partial charge is 0.319 e. The average molecular weight is 354 g/mol. The van der Waals surface area contributed by atoms with Crippen LogP contribution in [0.1, 0.15) is 36.3 Å². The van der Waals surface area contributed by atoms with E-state index in [1.54, 1.807) is 35.0 Å². The van der Waals surface area contributed by atoms with Gasteiger partial charge in [-0.1, -0.05) is 0 Å². The van der Waals surface area contributed by atoms with E-state index in [2.05, 4.69) is 27.1 Å². The Morgan fingerprint density at radius 1 is 1.23 bits per heavy atom. The average Bonchev–Trinajstić information content (AvgIpc) is 2.92. The van der Waals surface area contributed by atoms with E-state index in [0.29, 0.717) is 30.0 Å². The second-order valence-corrected chi connectivity index (χ2v) is 6.09. The van der Waals surface area contributed by atoms with E-state index in [1.807, 2.05) is 20.8 Å². The quantitative estimate of drug-likeness (QED) is 0.740. The van der Waals surface area contributed by atoms with Crippen LogP contribution < -0.4 is 16.0 Å². The van der Waals surface area contributed by atoms with Gasteiger partial charge in [-0.25, -0.2) is 9.48 Å². The molecule has 0 atom stereocenters. The molecule has 0 aliphatic rings.